The van der Waals surface area contributed by atoms with Gasteiger partial charge in [0.05, 0.1) is 0 Å². The van der Waals surface area contributed by atoms with E-state index in [2.05, 4.69) is 20.8 Å². The Morgan fingerprint density at radius 2 is 1.42 bits per heavy atom. The second-order valence-corrected chi connectivity index (χ2v) is 7.51. The normalized spacial score (nSPS) is 18.9. The fraction of sp³-hybridized carbons (Fsp3) is 1.00. The summed E-state index contributed by atoms with van der Waals surface area (Å²) in [7, 11) is 0. The predicted octanol–water partition coefficient (Wildman–Crippen LogP) is 7.12. The van der Waals surface area contributed by atoms with Gasteiger partial charge in [-0.3, -0.25) is 0 Å². The summed E-state index contributed by atoms with van der Waals surface area (Å²) < 4.78 is 0. The summed E-state index contributed by atoms with van der Waals surface area (Å²) in [5.74, 6) is 0.897. The summed E-state index contributed by atoms with van der Waals surface area (Å²) in [5.41, 5.74) is 0.770. The minimum atomic E-state index is 0.770. The van der Waals surface area contributed by atoms with Gasteiger partial charge in [0.1, 0.15) is 0 Å². The lowest BCUT2D eigenvalue weighted by molar-refractivity contribution is 0.147. The minimum absolute atomic E-state index is 0.770. The molecule has 0 nitrogen and oxygen atoms in total. The summed E-state index contributed by atoms with van der Waals surface area (Å²) in [4.78, 5) is 0. The molecule has 0 amide bonds. The molecule has 0 heteroatoms. The lowest BCUT2D eigenvalue weighted by Crippen LogP contribution is -2.24. The van der Waals surface area contributed by atoms with Crippen molar-refractivity contribution in [3.8, 4) is 0 Å². The monoisotopic (exact) mass is 266 g/mol. The molecule has 0 saturated heterocycles. The molecule has 1 aliphatic rings. The van der Waals surface area contributed by atoms with E-state index >= 15 is 0 Å². The summed E-state index contributed by atoms with van der Waals surface area (Å²) in [6, 6.07) is 0. The van der Waals surface area contributed by atoms with Crippen molar-refractivity contribution >= 4 is 0 Å². The van der Waals surface area contributed by atoms with Crippen molar-refractivity contribution in [3.63, 3.8) is 0 Å². The zero-order chi connectivity index (χ0) is 14.0. The number of rotatable bonds is 10. The van der Waals surface area contributed by atoms with Crippen LogP contribution in [0.15, 0.2) is 0 Å². The van der Waals surface area contributed by atoms with Gasteiger partial charge in [-0.2, -0.15) is 0 Å². The quantitative estimate of drug-likeness (QED) is 0.369. The van der Waals surface area contributed by atoms with Crippen LogP contribution in [-0.2, 0) is 0 Å². The molecule has 0 unspecified atom stereocenters. The van der Waals surface area contributed by atoms with Crippen molar-refractivity contribution in [3.05, 3.63) is 0 Å². The molecule has 19 heavy (non-hydrogen) atoms. The van der Waals surface area contributed by atoms with Crippen molar-refractivity contribution in [2.75, 3.05) is 0 Å². The van der Waals surface area contributed by atoms with E-state index in [1.807, 2.05) is 0 Å². The van der Waals surface area contributed by atoms with Crippen LogP contribution in [0, 0.1) is 11.3 Å². The Kier molecular flexibility index (Phi) is 8.83. The Bertz CT molecular complexity index is 198. The molecule has 1 rings (SSSR count). The number of hydrogen-bond acceptors (Lipinski definition) is 0. The molecule has 0 aromatic carbocycles. The van der Waals surface area contributed by atoms with Gasteiger partial charge >= 0.3 is 0 Å². The highest BCUT2D eigenvalue weighted by atomic mass is 14.4. The SMILES string of the molecule is CCCCC1(CCCCCCC(C)C)CCCCC1. The van der Waals surface area contributed by atoms with Crippen LogP contribution in [0.1, 0.15) is 111 Å². The molecule has 0 N–H and O–H groups in total. The topological polar surface area (TPSA) is 0 Å². The Morgan fingerprint density at radius 3 is 2.05 bits per heavy atom. The maximum Gasteiger partial charge on any atom is -0.0297 e. The van der Waals surface area contributed by atoms with E-state index in [9.17, 15) is 0 Å². The van der Waals surface area contributed by atoms with E-state index in [-0.39, 0.29) is 0 Å². The maximum absolute atomic E-state index is 2.35. The predicted molar refractivity (Wildman–Crippen MR) is 87.6 cm³/mol. The van der Waals surface area contributed by atoms with Gasteiger partial charge in [0.25, 0.3) is 0 Å². The molecule has 114 valence electrons. The molecular formula is C19H38. The molecule has 0 heterocycles. The Labute approximate surface area is 122 Å². The Hall–Kier alpha value is 0. The van der Waals surface area contributed by atoms with Crippen LogP contribution in [0.2, 0.25) is 0 Å². The zero-order valence-electron chi connectivity index (χ0n) is 14.0. The van der Waals surface area contributed by atoms with Crippen LogP contribution >= 0.6 is 0 Å². The first-order chi connectivity index (χ1) is 9.18. The summed E-state index contributed by atoms with van der Waals surface area (Å²) in [6.45, 7) is 7.05. The van der Waals surface area contributed by atoms with Gasteiger partial charge in [0, 0.05) is 0 Å². The lowest BCUT2D eigenvalue weighted by Gasteiger charge is -2.38. The van der Waals surface area contributed by atoms with Crippen molar-refractivity contribution in [1.29, 1.82) is 0 Å². The smallest absolute Gasteiger partial charge is 0.0297 e. The fourth-order valence-electron chi connectivity index (χ4n) is 3.88. The van der Waals surface area contributed by atoms with Gasteiger partial charge in [-0.1, -0.05) is 85.0 Å². The first kappa shape index (κ1) is 17.1. The fourth-order valence-corrected chi connectivity index (χ4v) is 3.88. The lowest BCUT2D eigenvalue weighted by atomic mass is 9.68. The third kappa shape index (κ3) is 7.37. The summed E-state index contributed by atoms with van der Waals surface area (Å²) >= 11 is 0. The second kappa shape index (κ2) is 9.83. The highest BCUT2D eigenvalue weighted by Gasteiger charge is 2.30. The van der Waals surface area contributed by atoms with Crippen molar-refractivity contribution in [2.45, 2.75) is 111 Å². The van der Waals surface area contributed by atoms with Crippen molar-refractivity contribution < 1.29 is 0 Å². The molecule has 0 aliphatic heterocycles. The van der Waals surface area contributed by atoms with Gasteiger partial charge in [-0.25, -0.2) is 0 Å². The van der Waals surface area contributed by atoms with Crippen molar-refractivity contribution in [1.82, 2.24) is 0 Å². The van der Waals surface area contributed by atoms with E-state index < -0.39 is 0 Å². The molecule has 1 fully saturated rings. The van der Waals surface area contributed by atoms with Gasteiger partial charge in [0.2, 0.25) is 0 Å². The van der Waals surface area contributed by atoms with E-state index in [0.717, 1.165) is 11.3 Å². The first-order valence-corrected chi connectivity index (χ1v) is 9.18. The standard InChI is InChI=1S/C19H38/c1-4-5-14-19(16-11-8-12-17-19)15-10-7-6-9-13-18(2)3/h18H,4-17H2,1-3H3. The summed E-state index contributed by atoms with van der Waals surface area (Å²) in [5, 5.41) is 0. The highest BCUT2D eigenvalue weighted by molar-refractivity contribution is 4.82. The molecule has 1 saturated carbocycles. The zero-order valence-corrected chi connectivity index (χ0v) is 14.0. The van der Waals surface area contributed by atoms with Crippen LogP contribution in [0.25, 0.3) is 0 Å². The Balaban J connectivity index is 2.17. The van der Waals surface area contributed by atoms with E-state index in [4.69, 9.17) is 0 Å². The maximum atomic E-state index is 2.35. The van der Waals surface area contributed by atoms with Crippen LogP contribution in [0.5, 0.6) is 0 Å². The van der Waals surface area contributed by atoms with E-state index in [0.29, 0.717) is 0 Å². The number of unbranched alkanes of at least 4 members (excludes halogenated alkanes) is 4. The van der Waals surface area contributed by atoms with Crippen LogP contribution in [0.4, 0.5) is 0 Å². The molecular weight excluding hydrogens is 228 g/mol. The van der Waals surface area contributed by atoms with Crippen LogP contribution in [0.3, 0.4) is 0 Å². The average molecular weight is 267 g/mol. The van der Waals surface area contributed by atoms with Gasteiger partial charge in [-0.15, -0.1) is 0 Å². The number of hydrogen-bond donors (Lipinski definition) is 0. The first-order valence-electron chi connectivity index (χ1n) is 9.18. The summed E-state index contributed by atoms with van der Waals surface area (Å²) in [6.07, 6.45) is 20.9. The van der Waals surface area contributed by atoms with Crippen LogP contribution in [-0.4, -0.2) is 0 Å². The van der Waals surface area contributed by atoms with Crippen LogP contribution < -0.4 is 0 Å². The van der Waals surface area contributed by atoms with E-state index in [1.165, 1.54) is 77.0 Å². The molecule has 0 aromatic heterocycles. The molecule has 1 aliphatic carbocycles. The largest absolute Gasteiger partial charge is 0.0654 e. The molecule has 0 spiro atoms. The third-order valence-electron chi connectivity index (χ3n) is 5.21. The third-order valence-corrected chi connectivity index (χ3v) is 5.21. The molecule has 0 bridgehead atoms. The van der Waals surface area contributed by atoms with Crippen molar-refractivity contribution in [2.24, 2.45) is 11.3 Å². The second-order valence-electron chi connectivity index (χ2n) is 7.51. The highest BCUT2D eigenvalue weighted by Crippen LogP contribution is 2.44. The average Bonchev–Trinajstić information content (AvgIpc) is 2.41. The van der Waals surface area contributed by atoms with Gasteiger partial charge in [-0.05, 0) is 37.0 Å². The molecule has 0 radical (unpaired) electrons. The minimum Gasteiger partial charge on any atom is -0.0654 e. The van der Waals surface area contributed by atoms with Gasteiger partial charge in [0.15, 0.2) is 0 Å². The molecule has 0 aromatic rings. The van der Waals surface area contributed by atoms with Gasteiger partial charge < -0.3 is 0 Å². The van der Waals surface area contributed by atoms with E-state index in [1.54, 1.807) is 12.8 Å². The molecule has 0 atom stereocenters. The Morgan fingerprint density at radius 1 is 0.789 bits per heavy atom.